The molecule has 104 valence electrons. The second kappa shape index (κ2) is 5.36. The molecule has 1 heterocycles. The van der Waals surface area contributed by atoms with Crippen LogP contribution in [0.25, 0.3) is 0 Å². The second-order valence-electron chi connectivity index (χ2n) is 4.79. The van der Waals surface area contributed by atoms with Crippen molar-refractivity contribution in [3.63, 3.8) is 0 Å². The smallest absolute Gasteiger partial charge is 0.263 e. The second-order valence-corrected chi connectivity index (χ2v) is 4.79. The van der Waals surface area contributed by atoms with E-state index in [9.17, 15) is 0 Å². The van der Waals surface area contributed by atoms with Crippen LogP contribution in [0, 0.1) is 0 Å². The first kappa shape index (κ1) is 12.7. The minimum atomic E-state index is -0.0110. The van der Waals surface area contributed by atoms with Gasteiger partial charge in [-0.15, -0.1) is 0 Å². The highest BCUT2D eigenvalue weighted by Gasteiger charge is 2.23. The molecule has 0 aliphatic heterocycles. The first-order valence-corrected chi connectivity index (χ1v) is 6.68. The van der Waals surface area contributed by atoms with Crippen LogP contribution in [0.4, 0.5) is 5.82 Å². The van der Waals surface area contributed by atoms with Gasteiger partial charge in [0.05, 0.1) is 7.11 Å². The van der Waals surface area contributed by atoms with E-state index in [-0.39, 0.29) is 6.10 Å². The van der Waals surface area contributed by atoms with Crippen molar-refractivity contribution in [1.82, 2.24) is 9.97 Å². The van der Waals surface area contributed by atoms with E-state index in [1.165, 1.54) is 24.6 Å². The number of hydrogen-bond donors (Lipinski definition) is 1. The molecule has 0 fully saturated rings. The molecule has 0 radical (unpaired) electrons. The summed E-state index contributed by atoms with van der Waals surface area (Å²) >= 11 is 0. The van der Waals surface area contributed by atoms with Crippen LogP contribution in [0.5, 0.6) is 11.6 Å². The number of benzene rings is 1. The van der Waals surface area contributed by atoms with E-state index in [1.54, 1.807) is 0 Å². The lowest BCUT2D eigenvalue weighted by Gasteiger charge is -2.26. The number of methoxy groups -OCH3 is 1. The van der Waals surface area contributed by atoms with Gasteiger partial charge in [-0.2, -0.15) is 4.98 Å². The monoisotopic (exact) mass is 271 g/mol. The highest BCUT2D eigenvalue weighted by molar-refractivity contribution is 5.51. The third kappa shape index (κ3) is 2.27. The quantitative estimate of drug-likeness (QED) is 0.928. The molecule has 1 aromatic carbocycles. The first-order valence-electron chi connectivity index (χ1n) is 6.68. The zero-order valence-electron chi connectivity index (χ0n) is 11.4. The summed E-state index contributed by atoms with van der Waals surface area (Å²) in [7, 11) is 1.54. The summed E-state index contributed by atoms with van der Waals surface area (Å²) in [5.41, 5.74) is 8.33. The number of ether oxygens (including phenoxy) is 2. The lowest BCUT2D eigenvalue weighted by molar-refractivity contribution is 0.168. The standard InChI is InChI=1S/C15H17N3O2/c1-19-13-14(16)17-9-18-15(13)20-12-8-4-6-10-5-2-3-7-11(10)12/h2-3,5,7,9,12H,4,6,8H2,1H3,(H2,16,17,18). The van der Waals surface area contributed by atoms with Gasteiger partial charge in [-0.25, -0.2) is 4.98 Å². The van der Waals surface area contributed by atoms with Crippen molar-refractivity contribution in [3.05, 3.63) is 41.7 Å². The van der Waals surface area contributed by atoms with Gasteiger partial charge in [0.2, 0.25) is 5.75 Å². The number of hydrogen-bond acceptors (Lipinski definition) is 5. The SMILES string of the molecule is COc1c(N)ncnc1OC1CCCc2ccccc21. The first-order chi connectivity index (χ1) is 9.79. The number of anilines is 1. The number of nitrogens with zero attached hydrogens (tertiary/aromatic N) is 2. The summed E-state index contributed by atoms with van der Waals surface area (Å²) in [4.78, 5) is 8.05. The van der Waals surface area contributed by atoms with Crippen LogP contribution < -0.4 is 15.2 Å². The fourth-order valence-electron chi connectivity index (χ4n) is 2.61. The van der Waals surface area contributed by atoms with Crippen molar-refractivity contribution in [3.8, 4) is 11.6 Å². The van der Waals surface area contributed by atoms with E-state index in [0.29, 0.717) is 17.4 Å². The third-order valence-corrected chi connectivity index (χ3v) is 3.57. The maximum Gasteiger partial charge on any atom is 0.263 e. The Bertz CT molecular complexity index is 616. The Balaban J connectivity index is 1.91. The lowest BCUT2D eigenvalue weighted by atomic mass is 9.89. The van der Waals surface area contributed by atoms with Crippen molar-refractivity contribution in [2.75, 3.05) is 12.8 Å². The maximum atomic E-state index is 6.03. The molecule has 1 unspecified atom stereocenters. The average molecular weight is 271 g/mol. The topological polar surface area (TPSA) is 70.3 Å². The molecule has 1 aliphatic rings. The van der Waals surface area contributed by atoms with Crippen molar-refractivity contribution in [2.45, 2.75) is 25.4 Å². The minimum absolute atomic E-state index is 0.0110. The van der Waals surface area contributed by atoms with E-state index in [0.717, 1.165) is 19.3 Å². The van der Waals surface area contributed by atoms with Crippen molar-refractivity contribution >= 4 is 5.82 Å². The Morgan fingerprint density at radius 3 is 2.95 bits per heavy atom. The molecule has 2 N–H and O–H groups in total. The molecule has 1 aliphatic carbocycles. The molecule has 1 aromatic heterocycles. The number of aromatic nitrogens is 2. The van der Waals surface area contributed by atoms with Gasteiger partial charge in [0.1, 0.15) is 12.4 Å². The summed E-state index contributed by atoms with van der Waals surface area (Å²) in [5.74, 6) is 1.10. The van der Waals surface area contributed by atoms with Crippen LogP contribution in [0.15, 0.2) is 30.6 Å². The Morgan fingerprint density at radius 2 is 2.10 bits per heavy atom. The van der Waals surface area contributed by atoms with Crippen LogP contribution in [0.1, 0.15) is 30.1 Å². The molecule has 0 saturated carbocycles. The molecule has 2 aromatic rings. The van der Waals surface area contributed by atoms with E-state index in [4.69, 9.17) is 15.2 Å². The molecule has 20 heavy (non-hydrogen) atoms. The van der Waals surface area contributed by atoms with Crippen molar-refractivity contribution in [1.29, 1.82) is 0 Å². The molecule has 5 heteroatoms. The highest BCUT2D eigenvalue weighted by Crippen LogP contribution is 2.37. The van der Waals surface area contributed by atoms with E-state index >= 15 is 0 Å². The molecule has 0 saturated heterocycles. The van der Waals surface area contributed by atoms with Crippen LogP contribution in [-0.4, -0.2) is 17.1 Å². The predicted octanol–water partition coefficient (Wildman–Crippen LogP) is 2.52. The lowest BCUT2D eigenvalue weighted by Crippen LogP contribution is -2.16. The normalized spacial score (nSPS) is 17.4. The van der Waals surface area contributed by atoms with Crippen molar-refractivity contribution in [2.24, 2.45) is 0 Å². The van der Waals surface area contributed by atoms with Crippen molar-refractivity contribution < 1.29 is 9.47 Å². The predicted molar refractivity (Wildman–Crippen MR) is 75.7 cm³/mol. The van der Waals surface area contributed by atoms with Gasteiger partial charge in [-0.3, -0.25) is 0 Å². The fraction of sp³-hybridized carbons (Fsp3) is 0.333. The van der Waals surface area contributed by atoms with Gasteiger partial charge in [0.25, 0.3) is 5.88 Å². The van der Waals surface area contributed by atoms with Crippen LogP contribution in [-0.2, 0) is 6.42 Å². The third-order valence-electron chi connectivity index (χ3n) is 3.57. The zero-order valence-corrected chi connectivity index (χ0v) is 11.4. The van der Waals surface area contributed by atoms with Crippen LogP contribution in [0.2, 0.25) is 0 Å². The Morgan fingerprint density at radius 1 is 1.25 bits per heavy atom. The molecule has 1 atom stereocenters. The Labute approximate surface area is 117 Å². The largest absolute Gasteiger partial charge is 0.489 e. The van der Waals surface area contributed by atoms with Crippen LogP contribution in [0.3, 0.4) is 0 Å². The zero-order chi connectivity index (χ0) is 13.9. The molecule has 0 spiro atoms. The number of nitrogen functional groups attached to an aromatic ring is 1. The molecule has 0 amide bonds. The Kier molecular flexibility index (Phi) is 3.41. The maximum absolute atomic E-state index is 6.03. The minimum Gasteiger partial charge on any atom is -0.489 e. The molecular weight excluding hydrogens is 254 g/mol. The summed E-state index contributed by atoms with van der Waals surface area (Å²) in [5, 5.41) is 0. The highest BCUT2D eigenvalue weighted by atomic mass is 16.5. The number of nitrogens with two attached hydrogens (primary N) is 1. The molecular formula is C15H17N3O2. The Hall–Kier alpha value is -2.30. The molecule has 3 rings (SSSR count). The van der Waals surface area contributed by atoms with Gasteiger partial charge in [-0.05, 0) is 30.4 Å². The van der Waals surface area contributed by atoms with Gasteiger partial charge in [0.15, 0.2) is 5.82 Å². The van der Waals surface area contributed by atoms with Gasteiger partial charge in [0, 0.05) is 0 Å². The number of rotatable bonds is 3. The summed E-state index contributed by atoms with van der Waals surface area (Å²) < 4.78 is 11.3. The van der Waals surface area contributed by atoms with Gasteiger partial charge in [-0.1, -0.05) is 24.3 Å². The number of aryl methyl sites for hydroxylation is 1. The van der Waals surface area contributed by atoms with E-state index in [1.807, 2.05) is 6.07 Å². The summed E-state index contributed by atoms with van der Waals surface area (Å²) in [6.45, 7) is 0. The van der Waals surface area contributed by atoms with Gasteiger partial charge >= 0.3 is 0 Å². The summed E-state index contributed by atoms with van der Waals surface area (Å²) in [6, 6.07) is 8.35. The molecule has 5 nitrogen and oxygen atoms in total. The van der Waals surface area contributed by atoms with E-state index in [2.05, 4.69) is 28.2 Å². The summed E-state index contributed by atoms with van der Waals surface area (Å²) in [6.07, 6.45) is 4.54. The van der Waals surface area contributed by atoms with Gasteiger partial charge < -0.3 is 15.2 Å². The molecule has 0 bridgehead atoms. The van der Waals surface area contributed by atoms with E-state index < -0.39 is 0 Å². The number of fused-ring (bicyclic) bond motifs is 1. The fourth-order valence-corrected chi connectivity index (χ4v) is 2.61. The van der Waals surface area contributed by atoms with Crippen LogP contribution >= 0.6 is 0 Å². The average Bonchev–Trinajstić information content (AvgIpc) is 2.48.